The molecule has 142 valence electrons. The van der Waals surface area contributed by atoms with E-state index in [-0.39, 0.29) is 12.5 Å². The van der Waals surface area contributed by atoms with Crippen LogP contribution in [0.25, 0.3) is 33.1 Å². The zero-order valence-electron chi connectivity index (χ0n) is 15.7. The maximum absolute atomic E-state index is 13.0. The third kappa shape index (κ3) is 2.95. The van der Waals surface area contributed by atoms with Crippen LogP contribution in [0.3, 0.4) is 0 Å². The van der Waals surface area contributed by atoms with E-state index in [2.05, 4.69) is 29.0 Å². The van der Waals surface area contributed by atoms with Crippen molar-refractivity contribution in [3.8, 4) is 0 Å². The topological polar surface area (TPSA) is 55.5 Å². The van der Waals surface area contributed by atoms with Crippen molar-refractivity contribution in [1.82, 2.24) is 19.4 Å². The number of aromatic nitrogens is 3. The highest BCUT2D eigenvalue weighted by molar-refractivity contribution is 9.10. The molecule has 1 amide bonds. The van der Waals surface area contributed by atoms with Crippen LogP contribution in [0.1, 0.15) is 0 Å². The van der Waals surface area contributed by atoms with Gasteiger partial charge in [-0.3, -0.25) is 4.79 Å². The first-order valence-corrected chi connectivity index (χ1v) is 10.3. The van der Waals surface area contributed by atoms with E-state index in [1.807, 2.05) is 45.9 Å². The highest BCUT2D eigenvalue weighted by atomic mass is 79.9. The SMILES string of the molecule is C[NH+]1CCN(C(=O)Cn2c3ccc(Br)cc3c3nc4ccccc4nc32)CC1. The average Bonchev–Trinajstić information content (AvgIpc) is 2.99. The Morgan fingerprint density at radius 3 is 2.57 bits per heavy atom. The number of nitrogens with zero attached hydrogens (tertiary/aromatic N) is 4. The number of halogens is 1. The van der Waals surface area contributed by atoms with Gasteiger partial charge in [-0.15, -0.1) is 0 Å². The molecule has 1 saturated heterocycles. The molecule has 1 aliphatic rings. The summed E-state index contributed by atoms with van der Waals surface area (Å²) in [6.45, 7) is 3.89. The number of rotatable bonds is 2. The fraction of sp³-hybridized carbons (Fsp3) is 0.286. The first-order chi connectivity index (χ1) is 13.6. The molecule has 1 N–H and O–H groups in total. The number of hydrogen-bond donors (Lipinski definition) is 1. The molecule has 28 heavy (non-hydrogen) atoms. The summed E-state index contributed by atoms with van der Waals surface area (Å²) < 4.78 is 3.01. The Bertz CT molecular complexity index is 1210. The lowest BCUT2D eigenvalue weighted by Crippen LogP contribution is -3.12. The molecule has 2 aromatic carbocycles. The quantitative estimate of drug-likeness (QED) is 0.519. The molecule has 7 heteroatoms. The summed E-state index contributed by atoms with van der Waals surface area (Å²) in [6.07, 6.45) is 0. The summed E-state index contributed by atoms with van der Waals surface area (Å²) in [7, 11) is 2.17. The number of likely N-dealkylation sites (N-methyl/N-ethyl adjacent to an activating group) is 1. The molecule has 6 nitrogen and oxygen atoms in total. The first-order valence-electron chi connectivity index (χ1n) is 9.53. The molecule has 1 fully saturated rings. The van der Waals surface area contributed by atoms with Crippen LogP contribution in [-0.2, 0) is 11.3 Å². The van der Waals surface area contributed by atoms with Crippen LogP contribution in [0.15, 0.2) is 46.9 Å². The van der Waals surface area contributed by atoms with Crippen LogP contribution in [0.5, 0.6) is 0 Å². The predicted octanol–water partition coefficient (Wildman–Crippen LogP) is 1.86. The number of amides is 1. The van der Waals surface area contributed by atoms with Gasteiger partial charge in [0, 0.05) is 9.86 Å². The van der Waals surface area contributed by atoms with Crippen LogP contribution >= 0.6 is 15.9 Å². The van der Waals surface area contributed by atoms with Crippen molar-refractivity contribution < 1.29 is 9.69 Å². The van der Waals surface area contributed by atoms with Crippen molar-refractivity contribution in [1.29, 1.82) is 0 Å². The van der Waals surface area contributed by atoms with Crippen molar-refractivity contribution in [2.75, 3.05) is 33.2 Å². The lowest BCUT2D eigenvalue weighted by Gasteiger charge is -2.30. The fourth-order valence-corrected chi connectivity index (χ4v) is 4.30. The highest BCUT2D eigenvalue weighted by Gasteiger charge is 2.23. The number of benzene rings is 2. The van der Waals surface area contributed by atoms with E-state index in [1.165, 1.54) is 4.90 Å². The second-order valence-corrected chi connectivity index (χ2v) is 8.39. The van der Waals surface area contributed by atoms with Gasteiger partial charge in [-0.2, -0.15) is 0 Å². The van der Waals surface area contributed by atoms with Crippen molar-refractivity contribution >= 4 is 54.9 Å². The van der Waals surface area contributed by atoms with E-state index >= 15 is 0 Å². The Kier molecular flexibility index (Phi) is 4.29. The van der Waals surface area contributed by atoms with Crippen molar-refractivity contribution in [3.63, 3.8) is 0 Å². The maximum Gasteiger partial charge on any atom is 0.243 e. The molecule has 0 saturated carbocycles. The smallest absolute Gasteiger partial charge is 0.243 e. The first kappa shape index (κ1) is 17.6. The van der Waals surface area contributed by atoms with Gasteiger partial charge >= 0.3 is 0 Å². The van der Waals surface area contributed by atoms with Crippen LogP contribution in [0.2, 0.25) is 0 Å². The zero-order chi connectivity index (χ0) is 19.3. The molecular formula is C21H21BrN5O+. The molecule has 3 heterocycles. The fourth-order valence-electron chi connectivity index (χ4n) is 3.94. The molecule has 1 aliphatic heterocycles. The van der Waals surface area contributed by atoms with E-state index < -0.39 is 0 Å². The van der Waals surface area contributed by atoms with Crippen molar-refractivity contribution in [3.05, 3.63) is 46.9 Å². The van der Waals surface area contributed by atoms with Gasteiger partial charge in [0.15, 0.2) is 5.65 Å². The number of nitrogens with one attached hydrogen (secondary N) is 1. The lowest BCUT2D eigenvalue weighted by atomic mass is 10.2. The minimum Gasteiger partial charge on any atom is -0.334 e. The predicted molar refractivity (Wildman–Crippen MR) is 113 cm³/mol. The number of para-hydroxylation sites is 2. The molecular weight excluding hydrogens is 418 g/mol. The largest absolute Gasteiger partial charge is 0.334 e. The standard InChI is InChI=1S/C21H20BrN5O/c1-25-8-10-26(11-9-25)19(28)13-27-18-7-6-14(22)12-15(18)20-21(27)24-17-5-3-2-4-16(17)23-20/h2-7,12H,8-11,13H2,1H3/p+1. The van der Waals surface area contributed by atoms with Gasteiger partial charge in [-0.25, -0.2) is 9.97 Å². The summed E-state index contributed by atoms with van der Waals surface area (Å²) in [5.41, 5.74) is 4.29. The molecule has 0 bridgehead atoms. The van der Waals surface area contributed by atoms with E-state index in [0.29, 0.717) is 0 Å². The number of piperazine rings is 1. The Morgan fingerprint density at radius 1 is 1.11 bits per heavy atom. The van der Waals surface area contributed by atoms with Gasteiger partial charge < -0.3 is 14.4 Å². The van der Waals surface area contributed by atoms with Crippen LogP contribution in [0.4, 0.5) is 0 Å². The van der Waals surface area contributed by atoms with E-state index in [1.54, 1.807) is 0 Å². The second-order valence-electron chi connectivity index (χ2n) is 7.47. The van der Waals surface area contributed by atoms with Gasteiger partial charge in [-0.1, -0.05) is 28.1 Å². The zero-order valence-corrected chi connectivity index (χ0v) is 17.2. The summed E-state index contributed by atoms with van der Waals surface area (Å²) >= 11 is 3.56. The van der Waals surface area contributed by atoms with Gasteiger partial charge in [-0.05, 0) is 30.3 Å². The van der Waals surface area contributed by atoms with Gasteiger partial charge in [0.1, 0.15) is 12.1 Å². The third-order valence-electron chi connectivity index (χ3n) is 5.58. The normalized spacial score (nSPS) is 15.7. The number of hydrogen-bond acceptors (Lipinski definition) is 3. The van der Waals surface area contributed by atoms with Gasteiger partial charge in [0.05, 0.1) is 49.8 Å². The molecule has 0 atom stereocenters. The number of carbonyl (C=O) groups is 1. The van der Waals surface area contributed by atoms with Crippen molar-refractivity contribution in [2.45, 2.75) is 6.54 Å². The van der Waals surface area contributed by atoms with Crippen LogP contribution in [0, 0.1) is 0 Å². The Labute approximate surface area is 170 Å². The Hall–Kier alpha value is -2.51. The van der Waals surface area contributed by atoms with Crippen LogP contribution < -0.4 is 4.90 Å². The summed E-state index contributed by atoms with van der Waals surface area (Å²) in [5.74, 6) is 0.143. The van der Waals surface area contributed by atoms with Crippen LogP contribution in [-0.4, -0.2) is 58.6 Å². The van der Waals surface area contributed by atoms with Crippen molar-refractivity contribution in [2.24, 2.45) is 0 Å². The average molecular weight is 439 g/mol. The van der Waals surface area contributed by atoms with E-state index in [9.17, 15) is 4.79 Å². The molecule has 0 radical (unpaired) electrons. The minimum atomic E-state index is 0.143. The molecule has 0 spiro atoms. The second kappa shape index (κ2) is 6.83. The Morgan fingerprint density at radius 2 is 1.82 bits per heavy atom. The number of fused-ring (bicyclic) bond motifs is 4. The Balaban J connectivity index is 1.65. The molecule has 4 aromatic rings. The monoisotopic (exact) mass is 438 g/mol. The minimum absolute atomic E-state index is 0.143. The molecule has 0 aliphatic carbocycles. The van der Waals surface area contributed by atoms with Gasteiger partial charge in [0.25, 0.3) is 0 Å². The number of quaternary nitrogens is 1. The molecule has 0 unspecified atom stereocenters. The molecule has 5 rings (SSSR count). The van der Waals surface area contributed by atoms with E-state index in [0.717, 1.165) is 63.8 Å². The van der Waals surface area contributed by atoms with E-state index in [4.69, 9.17) is 9.97 Å². The highest BCUT2D eigenvalue weighted by Crippen LogP contribution is 2.30. The lowest BCUT2D eigenvalue weighted by molar-refractivity contribution is -0.883. The number of carbonyl (C=O) groups excluding carboxylic acids is 1. The van der Waals surface area contributed by atoms with Gasteiger partial charge in [0.2, 0.25) is 5.91 Å². The summed E-state index contributed by atoms with van der Waals surface area (Å²) in [4.78, 5) is 26.2. The third-order valence-corrected chi connectivity index (χ3v) is 6.07. The summed E-state index contributed by atoms with van der Waals surface area (Å²) in [5, 5.41) is 1.01. The summed E-state index contributed by atoms with van der Waals surface area (Å²) in [6, 6.07) is 14.0. The molecule has 2 aromatic heterocycles. The maximum atomic E-state index is 13.0.